The Morgan fingerprint density at radius 3 is 2.60 bits per heavy atom. The van der Waals surface area contributed by atoms with Gasteiger partial charge in [-0.1, -0.05) is 12.1 Å². The molecule has 0 amide bonds. The van der Waals surface area contributed by atoms with Gasteiger partial charge in [0.25, 0.3) is 0 Å². The van der Waals surface area contributed by atoms with Crippen LogP contribution in [0.2, 0.25) is 0 Å². The average molecular weight is 249 g/mol. The van der Waals surface area contributed by atoms with Crippen molar-refractivity contribution in [2.24, 2.45) is 10.9 Å². The maximum Gasteiger partial charge on any atom is 0.238 e. The maximum atomic E-state index is 11.1. The minimum atomic E-state index is -3.66. The van der Waals surface area contributed by atoms with E-state index < -0.39 is 10.0 Å². The zero-order valence-electron chi connectivity index (χ0n) is 8.06. The van der Waals surface area contributed by atoms with Crippen molar-refractivity contribution in [3.8, 4) is 0 Å². The first-order valence-corrected chi connectivity index (χ1v) is 6.40. The van der Waals surface area contributed by atoms with E-state index in [0.29, 0.717) is 18.5 Å². The van der Waals surface area contributed by atoms with E-state index in [9.17, 15) is 8.42 Å². The molecule has 0 radical (unpaired) electrons. The highest BCUT2D eigenvalue weighted by atomic mass is 35.5. The molecule has 1 unspecified atom stereocenters. The lowest BCUT2D eigenvalue weighted by Crippen LogP contribution is -2.12. The Labute approximate surface area is 94.3 Å². The lowest BCUT2D eigenvalue weighted by molar-refractivity contribution is 0.597. The maximum absolute atomic E-state index is 11.1. The number of halogens is 1. The summed E-state index contributed by atoms with van der Waals surface area (Å²) >= 11 is 6.01. The molecule has 1 aromatic carbocycles. The second kappa shape index (κ2) is 4.94. The number of alkyl halides is 1. The van der Waals surface area contributed by atoms with Crippen LogP contribution in [0.3, 0.4) is 0 Å². The molecular formula is C9H13ClN2O2S. The van der Waals surface area contributed by atoms with Crippen LogP contribution in [0.15, 0.2) is 29.2 Å². The van der Waals surface area contributed by atoms with Crippen LogP contribution in [0.4, 0.5) is 0 Å². The van der Waals surface area contributed by atoms with Gasteiger partial charge in [-0.3, -0.25) is 0 Å². The van der Waals surface area contributed by atoms with Crippen molar-refractivity contribution in [3.63, 3.8) is 0 Å². The number of rotatable bonds is 4. The number of hydrogen-bond donors (Lipinski definition) is 2. The van der Waals surface area contributed by atoms with Gasteiger partial charge in [0.05, 0.1) is 10.3 Å². The summed E-state index contributed by atoms with van der Waals surface area (Å²) in [4.78, 5) is 0.0719. The van der Waals surface area contributed by atoms with Gasteiger partial charge in [-0.25, -0.2) is 13.6 Å². The van der Waals surface area contributed by atoms with E-state index in [4.69, 9.17) is 22.5 Å². The third-order valence-corrected chi connectivity index (χ3v) is 3.35. The Bertz CT molecular complexity index is 433. The Morgan fingerprint density at radius 1 is 1.40 bits per heavy atom. The standard InChI is InChI=1S/C9H13ClN2O2S/c10-9(4-5-11)7-2-1-3-8(6-7)15(12,13)14/h1-3,6,9H,4-5,11H2,(H2,12,13,14). The molecule has 6 heteroatoms. The molecule has 0 aliphatic carbocycles. The van der Waals surface area contributed by atoms with Gasteiger partial charge in [-0.05, 0) is 30.7 Å². The molecule has 0 aromatic heterocycles. The summed E-state index contributed by atoms with van der Waals surface area (Å²) in [5, 5.41) is 4.72. The zero-order valence-corrected chi connectivity index (χ0v) is 9.63. The number of benzene rings is 1. The average Bonchev–Trinajstić information content (AvgIpc) is 2.17. The highest BCUT2D eigenvalue weighted by Gasteiger charge is 2.12. The smallest absolute Gasteiger partial charge is 0.238 e. The van der Waals surface area contributed by atoms with E-state index in [1.54, 1.807) is 12.1 Å². The molecular weight excluding hydrogens is 236 g/mol. The number of primary sulfonamides is 1. The molecule has 4 N–H and O–H groups in total. The van der Waals surface area contributed by atoms with Crippen LogP contribution in [0.5, 0.6) is 0 Å². The fourth-order valence-electron chi connectivity index (χ4n) is 1.20. The Kier molecular flexibility index (Phi) is 4.10. The zero-order chi connectivity index (χ0) is 11.5. The third kappa shape index (κ3) is 3.46. The summed E-state index contributed by atoms with van der Waals surface area (Å²) in [5.74, 6) is 0. The van der Waals surface area contributed by atoms with Crippen LogP contribution in [-0.2, 0) is 10.0 Å². The van der Waals surface area contributed by atoms with E-state index in [1.807, 2.05) is 0 Å². The van der Waals surface area contributed by atoms with Gasteiger partial charge in [-0.2, -0.15) is 0 Å². The van der Waals surface area contributed by atoms with Crippen molar-refractivity contribution in [2.75, 3.05) is 6.54 Å². The predicted octanol–water partition coefficient (Wildman–Crippen LogP) is 0.963. The van der Waals surface area contributed by atoms with Crippen LogP contribution in [0.25, 0.3) is 0 Å². The predicted molar refractivity (Wildman–Crippen MR) is 60.1 cm³/mol. The van der Waals surface area contributed by atoms with Crippen molar-refractivity contribution in [2.45, 2.75) is 16.7 Å². The second-order valence-corrected chi connectivity index (χ2v) is 5.25. The van der Waals surface area contributed by atoms with Gasteiger partial charge in [-0.15, -0.1) is 11.6 Å². The van der Waals surface area contributed by atoms with Gasteiger partial charge in [0.1, 0.15) is 0 Å². The molecule has 4 nitrogen and oxygen atoms in total. The molecule has 0 saturated carbocycles. The van der Waals surface area contributed by atoms with Crippen molar-refractivity contribution in [3.05, 3.63) is 29.8 Å². The minimum Gasteiger partial charge on any atom is -0.330 e. The molecule has 1 rings (SSSR count). The summed E-state index contributed by atoms with van der Waals surface area (Å²) in [6.45, 7) is 0.452. The molecule has 0 aliphatic heterocycles. The summed E-state index contributed by atoms with van der Waals surface area (Å²) in [7, 11) is -3.66. The van der Waals surface area contributed by atoms with Gasteiger partial charge >= 0.3 is 0 Å². The molecule has 0 bridgehead atoms. The SMILES string of the molecule is NCCC(Cl)c1cccc(S(N)(=O)=O)c1. The van der Waals surface area contributed by atoms with Crippen LogP contribution < -0.4 is 10.9 Å². The first-order chi connectivity index (χ1) is 6.95. The Morgan fingerprint density at radius 2 is 2.07 bits per heavy atom. The number of nitrogens with two attached hydrogens (primary N) is 2. The van der Waals surface area contributed by atoms with Crippen LogP contribution >= 0.6 is 11.6 Å². The highest BCUT2D eigenvalue weighted by Crippen LogP contribution is 2.25. The van der Waals surface area contributed by atoms with Crippen molar-refractivity contribution in [1.82, 2.24) is 0 Å². The minimum absolute atomic E-state index is 0.0719. The first-order valence-electron chi connectivity index (χ1n) is 4.42. The molecule has 15 heavy (non-hydrogen) atoms. The van der Waals surface area contributed by atoms with E-state index >= 15 is 0 Å². The fraction of sp³-hybridized carbons (Fsp3) is 0.333. The van der Waals surface area contributed by atoms with Crippen LogP contribution in [0, 0.1) is 0 Å². The lowest BCUT2D eigenvalue weighted by Gasteiger charge is -2.09. The van der Waals surface area contributed by atoms with Gasteiger partial charge in [0, 0.05) is 0 Å². The Balaban J connectivity index is 3.03. The summed E-state index contributed by atoms with van der Waals surface area (Å²) in [5.41, 5.74) is 6.08. The summed E-state index contributed by atoms with van der Waals surface area (Å²) < 4.78 is 22.2. The van der Waals surface area contributed by atoms with Gasteiger partial charge in [0.2, 0.25) is 10.0 Å². The molecule has 1 atom stereocenters. The molecule has 0 aliphatic rings. The normalized spacial score (nSPS) is 13.8. The topological polar surface area (TPSA) is 86.2 Å². The Hall–Kier alpha value is -0.620. The van der Waals surface area contributed by atoms with E-state index in [2.05, 4.69) is 0 Å². The van der Waals surface area contributed by atoms with E-state index in [1.165, 1.54) is 12.1 Å². The third-order valence-electron chi connectivity index (χ3n) is 1.97. The van der Waals surface area contributed by atoms with Crippen LogP contribution in [-0.4, -0.2) is 15.0 Å². The molecule has 0 fully saturated rings. The highest BCUT2D eigenvalue weighted by molar-refractivity contribution is 7.89. The number of hydrogen-bond acceptors (Lipinski definition) is 3. The van der Waals surface area contributed by atoms with Crippen LogP contribution in [0.1, 0.15) is 17.4 Å². The monoisotopic (exact) mass is 248 g/mol. The molecule has 1 aromatic rings. The van der Waals surface area contributed by atoms with Crippen molar-refractivity contribution >= 4 is 21.6 Å². The van der Waals surface area contributed by atoms with E-state index in [0.717, 1.165) is 0 Å². The van der Waals surface area contributed by atoms with Crippen molar-refractivity contribution in [1.29, 1.82) is 0 Å². The fourth-order valence-corrected chi connectivity index (χ4v) is 2.03. The van der Waals surface area contributed by atoms with Gasteiger partial charge in [0.15, 0.2) is 0 Å². The van der Waals surface area contributed by atoms with E-state index in [-0.39, 0.29) is 10.3 Å². The lowest BCUT2D eigenvalue weighted by atomic mass is 10.1. The molecule has 84 valence electrons. The number of sulfonamides is 1. The summed E-state index contributed by atoms with van der Waals surface area (Å²) in [6, 6.07) is 6.27. The quantitative estimate of drug-likeness (QED) is 0.779. The van der Waals surface area contributed by atoms with Crippen molar-refractivity contribution < 1.29 is 8.42 Å². The van der Waals surface area contributed by atoms with Gasteiger partial charge < -0.3 is 5.73 Å². The molecule has 0 heterocycles. The molecule has 0 spiro atoms. The second-order valence-electron chi connectivity index (χ2n) is 3.16. The molecule has 0 saturated heterocycles. The summed E-state index contributed by atoms with van der Waals surface area (Å²) in [6.07, 6.45) is 0.593. The first kappa shape index (κ1) is 12.4. The largest absolute Gasteiger partial charge is 0.330 e.